The van der Waals surface area contributed by atoms with Crippen molar-refractivity contribution in [2.45, 2.75) is 63.9 Å². The Bertz CT molecular complexity index is 553. The zero-order valence-corrected chi connectivity index (χ0v) is 15.0. The van der Waals surface area contributed by atoms with E-state index in [1.807, 2.05) is 6.08 Å². The van der Waals surface area contributed by atoms with Crippen molar-refractivity contribution in [1.82, 2.24) is 0 Å². The van der Waals surface area contributed by atoms with E-state index in [9.17, 15) is 9.90 Å². The van der Waals surface area contributed by atoms with Crippen molar-refractivity contribution in [3.8, 4) is 0 Å². The molecule has 1 aliphatic carbocycles. The van der Waals surface area contributed by atoms with Gasteiger partial charge >= 0.3 is 5.97 Å². The zero-order chi connectivity index (χ0) is 17.2. The summed E-state index contributed by atoms with van der Waals surface area (Å²) in [5, 5.41) is 23.3. The molecular formula is C20H28O3S. The molecule has 4 heteroatoms. The topological polar surface area (TPSA) is 57.5 Å². The van der Waals surface area contributed by atoms with Crippen LogP contribution in [0.1, 0.15) is 56.1 Å². The lowest BCUT2D eigenvalue weighted by molar-refractivity contribution is -0.131. The monoisotopic (exact) mass is 348 g/mol. The van der Waals surface area contributed by atoms with Crippen LogP contribution in [0, 0.1) is 5.92 Å². The van der Waals surface area contributed by atoms with Crippen molar-refractivity contribution in [3.05, 3.63) is 46.2 Å². The highest BCUT2D eigenvalue weighted by Gasteiger charge is 2.21. The van der Waals surface area contributed by atoms with Crippen LogP contribution in [-0.4, -0.2) is 22.3 Å². The van der Waals surface area contributed by atoms with Crippen molar-refractivity contribution in [1.29, 1.82) is 0 Å². The molecule has 1 aliphatic rings. The van der Waals surface area contributed by atoms with E-state index in [4.69, 9.17) is 5.11 Å². The smallest absolute Gasteiger partial charge is 0.327 e. The molecule has 132 valence electrons. The Kier molecular flexibility index (Phi) is 8.26. The molecule has 0 aliphatic heterocycles. The summed E-state index contributed by atoms with van der Waals surface area (Å²) < 4.78 is 0. The van der Waals surface area contributed by atoms with Crippen molar-refractivity contribution in [2.75, 3.05) is 0 Å². The van der Waals surface area contributed by atoms with Gasteiger partial charge in [0.15, 0.2) is 0 Å². The Morgan fingerprint density at radius 3 is 2.67 bits per heavy atom. The van der Waals surface area contributed by atoms with E-state index in [0.717, 1.165) is 19.3 Å². The molecule has 0 unspecified atom stereocenters. The van der Waals surface area contributed by atoms with Crippen LogP contribution in [0.3, 0.4) is 0 Å². The minimum absolute atomic E-state index is 0.158. The van der Waals surface area contributed by atoms with E-state index in [1.54, 1.807) is 17.4 Å². The molecule has 3 nitrogen and oxygen atoms in total. The lowest BCUT2D eigenvalue weighted by Gasteiger charge is -2.26. The van der Waals surface area contributed by atoms with Gasteiger partial charge in [-0.2, -0.15) is 11.3 Å². The predicted octanol–water partition coefficient (Wildman–Crippen LogP) is 4.75. The summed E-state index contributed by atoms with van der Waals surface area (Å²) in [5.74, 6) is -0.401. The van der Waals surface area contributed by atoms with E-state index in [1.165, 1.54) is 49.3 Å². The van der Waals surface area contributed by atoms with Gasteiger partial charge in [0, 0.05) is 6.08 Å². The lowest BCUT2D eigenvalue weighted by atomic mass is 9.83. The third-order valence-electron chi connectivity index (χ3n) is 4.77. The van der Waals surface area contributed by atoms with Crippen molar-refractivity contribution in [2.24, 2.45) is 5.92 Å². The third kappa shape index (κ3) is 6.62. The summed E-state index contributed by atoms with van der Waals surface area (Å²) in [7, 11) is 0. The van der Waals surface area contributed by atoms with Gasteiger partial charge in [0.05, 0.1) is 6.10 Å². The molecule has 0 aromatic carbocycles. The Morgan fingerprint density at radius 1 is 1.17 bits per heavy atom. The molecule has 1 aromatic rings. The molecule has 0 bridgehead atoms. The van der Waals surface area contributed by atoms with E-state index in [2.05, 4.69) is 16.8 Å². The van der Waals surface area contributed by atoms with E-state index < -0.39 is 5.97 Å². The third-order valence-corrected chi connectivity index (χ3v) is 5.61. The summed E-state index contributed by atoms with van der Waals surface area (Å²) in [5.41, 5.74) is 2.68. The predicted molar refractivity (Wildman–Crippen MR) is 99.5 cm³/mol. The minimum atomic E-state index is -0.903. The number of rotatable bonds is 9. The first-order chi connectivity index (χ1) is 11.7. The first kappa shape index (κ1) is 18.9. The highest BCUT2D eigenvalue weighted by Crippen LogP contribution is 2.29. The van der Waals surface area contributed by atoms with Gasteiger partial charge in [0.1, 0.15) is 0 Å². The number of thiophene rings is 1. The van der Waals surface area contributed by atoms with Crippen LogP contribution < -0.4 is 0 Å². The van der Waals surface area contributed by atoms with Crippen LogP contribution in [0.4, 0.5) is 0 Å². The van der Waals surface area contributed by atoms with Gasteiger partial charge in [-0.25, -0.2) is 4.79 Å². The van der Waals surface area contributed by atoms with Gasteiger partial charge in [-0.3, -0.25) is 0 Å². The van der Waals surface area contributed by atoms with Crippen LogP contribution >= 0.6 is 11.3 Å². The second-order valence-electron chi connectivity index (χ2n) is 6.58. The van der Waals surface area contributed by atoms with Crippen molar-refractivity contribution in [3.63, 3.8) is 0 Å². The molecule has 1 fully saturated rings. The summed E-state index contributed by atoms with van der Waals surface area (Å²) in [6.07, 6.45) is 16.3. The summed E-state index contributed by atoms with van der Waals surface area (Å²) >= 11 is 1.72. The molecule has 0 spiro atoms. The first-order valence-corrected chi connectivity index (χ1v) is 9.87. The highest BCUT2D eigenvalue weighted by molar-refractivity contribution is 7.08. The molecule has 1 atom stereocenters. The standard InChI is InChI=1S/C20H28O3S/c21-19(16-8-5-3-6-9-16)13-12-18-15-24-14-17(18)10-4-1-2-7-11-20(22)23/h1,4,7,11,14-16,19,21H,2-3,5-6,8-10,12-13H2,(H,22,23)/t19-/m0/s1. The fraction of sp³-hybridized carbons (Fsp3) is 0.550. The maximum Gasteiger partial charge on any atom is 0.327 e. The Balaban J connectivity index is 1.75. The average Bonchev–Trinajstić information content (AvgIpc) is 3.03. The van der Waals surface area contributed by atoms with Gasteiger partial charge in [0.25, 0.3) is 0 Å². The molecule has 24 heavy (non-hydrogen) atoms. The molecule has 0 saturated heterocycles. The Labute approximate surface area is 148 Å². The van der Waals surface area contributed by atoms with Crippen LogP contribution in [0.15, 0.2) is 35.1 Å². The highest BCUT2D eigenvalue weighted by atomic mass is 32.1. The number of aliphatic hydroxyl groups is 1. The normalized spacial score (nSPS) is 17.7. The van der Waals surface area contributed by atoms with Gasteiger partial charge in [0.2, 0.25) is 0 Å². The fourth-order valence-corrected chi connectivity index (χ4v) is 4.27. The van der Waals surface area contributed by atoms with E-state index in [0.29, 0.717) is 12.3 Å². The maximum atomic E-state index is 10.4. The van der Waals surface area contributed by atoms with E-state index in [-0.39, 0.29) is 6.10 Å². The molecule has 1 heterocycles. The van der Waals surface area contributed by atoms with Crippen LogP contribution in [0.5, 0.6) is 0 Å². The molecule has 1 aromatic heterocycles. The van der Waals surface area contributed by atoms with Crippen molar-refractivity contribution < 1.29 is 15.0 Å². The van der Waals surface area contributed by atoms with Gasteiger partial charge < -0.3 is 10.2 Å². The van der Waals surface area contributed by atoms with Gasteiger partial charge in [-0.05, 0) is 66.3 Å². The largest absolute Gasteiger partial charge is 0.478 e. The second-order valence-corrected chi connectivity index (χ2v) is 7.32. The minimum Gasteiger partial charge on any atom is -0.478 e. The van der Waals surface area contributed by atoms with Gasteiger partial charge in [-0.15, -0.1) is 0 Å². The molecule has 0 radical (unpaired) electrons. The summed E-state index contributed by atoms with van der Waals surface area (Å²) in [6.45, 7) is 0. The Hall–Kier alpha value is -1.39. The van der Waals surface area contributed by atoms with Crippen molar-refractivity contribution >= 4 is 17.3 Å². The molecular weight excluding hydrogens is 320 g/mol. The zero-order valence-electron chi connectivity index (χ0n) is 14.2. The SMILES string of the molecule is O=C(O)C=CCC=CCc1cscc1CC[C@H](O)C1CCCCC1. The molecule has 2 rings (SSSR count). The molecule has 2 N–H and O–H groups in total. The quantitative estimate of drug-likeness (QED) is 0.500. The Morgan fingerprint density at radius 2 is 1.92 bits per heavy atom. The lowest BCUT2D eigenvalue weighted by Crippen LogP contribution is -2.23. The number of aliphatic hydroxyl groups excluding tert-OH is 1. The van der Waals surface area contributed by atoms with E-state index >= 15 is 0 Å². The number of allylic oxidation sites excluding steroid dienone is 3. The number of carboxylic acids is 1. The maximum absolute atomic E-state index is 10.4. The number of hydrogen-bond donors (Lipinski definition) is 2. The average molecular weight is 349 g/mol. The summed E-state index contributed by atoms with van der Waals surface area (Å²) in [4.78, 5) is 10.4. The van der Waals surface area contributed by atoms with Gasteiger partial charge in [-0.1, -0.05) is 37.5 Å². The molecule has 0 amide bonds. The number of aliphatic carboxylic acids is 1. The van der Waals surface area contributed by atoms with Crippen LogP contribution in [0.2, 0.25) is 0 Å². The van der Waals surface area contributed by atoms with Crippen LogP contribution in [0.25, 0.3) is 0 Å². The molecule has 1 saturated carbocycles. The van der Waals surface area contributed by atoms with Crippen LogP contribution in [-0.2, 0) is 17.6 Å². The number of carboxylic acid groups (broad SMARTS) is 1. The first-order valence-electron chi connectivity index (χ1n) is 8.93. The number of carbonyl (C=O) groups is 1. The number of aryl methyl sites for hydroxylation is 1. The number of hydrogen-bond acceptors (Lipinski definition) is 3. The summed E-state index contributed by atoms with van der Waals surface area (Å²) in [6, 6.07) is 0. The second kappa shape index (κ2) is 10.5. The fourth-order valence-electron chi connectivity index (χ4n) is 3.36.